The zero-order chi connectivity index (χ0) is 9.14. The van der Waals surface area contributed by atoms with Crippen molar-refractivity contribution in [3.05, 3.63) is 35.4 Å². The van der Waals surface area contributed by atoms with E-state index in [9.17, 15) is 13.6 Å². The minimum atomic E-state index is -0.852. The minimum Gasteiger partial charge on any atom is -0.355 e. The van der Waals surface area contributed by atoms with Crippen molar-refractivity contribution in [1.29, 1.82) is 0 Å². The number of nitrogens with one attached hydrogen (secondary N) is 1. The summed E-state index contributed by atoms with van der Waals surface area (Å²) < 4.78 is 25.1. The lowest BCUT2D eigenvalue weighted by molar-refractivity contribution is 0.0959. The lowest BCUT2D eigenvalue weighted by Crippen LogP contribution is -2.19. The van der Waals surface area contributed by atoms with Crippen molar-refractivity contribution in [2.75, 3.05) is 7.05 Å². The third-order valence-electron chi connectivity index (χ3n) is 1.40. The zero-order valence-electron chi connectivity index (χ0n) is 6.40. The van der Waals surface area contributed by atoms with Crippen LogP contribution in [0.5, 0.6) is 0 Å². The molecule has 0 saturated heterocycles. The summed E-state index contributed by atoms with van der Waals surface area (Å²) in [5.74, 6) is -2.11. The summed E-state index contributed by atoms with van der Waals surface area (Å²) in [5, 5.41) is 2.24. The molecule has 1 aromatic carbocycles. The summed E-state index contributed by atoms with van der Waals surface area (Å²) in [7, 11) is 1.38. The average molecular weight is 187 g/mol. The second kappa shape index (κ2) is 4.54. The van der Waals surface area contributed by atoms with Gasteiger partial charge in [0.1, 0.15) is 11.6 Å². The standard InChI is InChI=1S/C8H7F2NO.CH4/c1-11-8(12)6-3-2-5(9)4-7(6)10;/h2-4H,1H3,(H,11,12);1H4. The second-order valence-corrected chi connectivity index (χ2v) is 2.20. The normalized spacial score (nSPS) is 8.85. The summed E-state index contributed by atoms with van der Waals surface area (Å²) >= 11 is 0. The van der Waals surface area contributed by atoms with Crippen LogP contribution in [0.25, 0.3) is 0 Å². The van der Waals surface area contributed by atoms with Crippen LogP contribution < -0.4 is 5.32 Å². The van der Waals surface area contributed by atoms with Gasteiger partial charge in [-0.05, 0) is 12.1 Å². The topological polar surface area (TPSA) is 29.1 Å². The molecule has 2 nitrogen and oxygen atoms in total. The van der Waals surface area contributed by atoms with E-state index in [0.29, 0.717) is 6.07 Å². The van der Waals surface area contributed by atoms with Crippen LogP contribution in [0.3, 0.4) is 0 Å². The van der Waals surface area contributed by atoms with Crippen LogP contribution in [0.15, 0.2) is 18.2 Å². The molecule has 0 radical (unpaired) electrons. The Kier molecular flexibility index (Phi) is 4.04. The van der Waals surface area contributed by atoms with E-state index >= 15 is 0 Å². The van der Waals surface area contributed by atoms with Crippen LogP contribution in [0.1, 0.15) is 17.8 Å². The van der Waals surface area contributed by atoms with E-state index in [1.165, 1.54) is 7.05 Å². The Labute approximate surface area is 75.6 Å². The number of rotatable bonds is 1. The quantitative estimate of drug-likeness (QED) is 0.715. The first-order chi connectivity index (χ1) is 5.65. The highest BCUT2D eigenvalue weighted by atomic mass is 19.1. The van der Waals surface area contributed by atoms with Gasteiger partial charge >= 0.3 is 0 Å². The molecule has 0 aliphatic heterocycles. The Morgan fingerprint density at radius 1 is 1.38 bits per heavy atom. The predicted octanol–water partition coefficient (Wildman–Crippen LogP) is 1.96. The van der Waals surface area contributed by atoms with Crippen molar-refractivity contribution in [3.8, 4) is 0 Å². The SMILES string of the molecule is C.CNC(=O)c1ccc(F)cc1F. The Morgan fingerprint density at radius 3 is 2.46 bits per heavy atom. The maximum atomic E-state index is 12.8. The van der Waals surface area contributed by atoms with Crippen molar-refractivity contribution >= 4 is 5.91 Å². The molecule has 0 spiro atoms. The van der Waals surface area contributed by atoms with E-state index in [1.807, 2.05) is 0 Å². The minimum absolute atomic E-state index is 0. The molecular formula is C9H11F2NO. The fraction of sp³-hybridized carbons (Fsp3) is 0.222. The molecule has 0 unspecified atom stereocenters. The van der Waals surface area contributed by atoms with Gasteiger partial charge in [0.15, 0.2) is 0 Å². The smallest absolute Gasteiger partial charge is 0.253 e. The molecule has 0 saturated carbocycles. The van der Waals surface area contributed by atoms with Crippen molar-refractivity contribution in [2.24, 2.45) is 0 Å². The molecule has 0 aromatic heterocycles. The molecular weight excluding hydrogens is 176 g/mol. The fourth-order valence-corrected chi connectivity index (χ4v) is 0.808. The van der Waals surface area contributed by atoms with E-state index < -0.39 is 17.5 Å². The first kappa shape index (κ1) is 11.6. The number of hydrogen-bond acceptors (Lipinski definition) is 1. The maximum Gasteiger partial charge on any atom is 0.253 e. The number of benzene rings is 1. The Balaban J connectivity index is 0.00000144. The molecule has 4 heteroatoms. The first-order valence-electron chi connectivity index (χ1n) is 3.32. The molecule has 0 fully saturated rings. The molecule has 1 amide bonds. The molecule has 0 heterocycles. The Morgan fingerprint density at radius 2 is 2.00 bits per heavy atom. The van der Waals surface area contributed by atoms with Crippen LogP contribution in [-0.4, -0.2) is 13.0 Å². The molecule has 13 heavy (non-hydrogen) atoms. The molecule has 0 bridgehead atoms. The molecule has 1 rings (SSSR count). The molecule has 0 atom stereocenters. The summed E-state index contributed by atoms with van der Waals surface area (Å²) in [6, 6.07) is 2.81. The average Bonchev–Trinajstić information content (AvgIpc) is 2.03. The molecule has 0 aliphatic rings. The number of carbonyl (C=O) groups is 1. The number of halogens is 2. The van der Waals surface area contributed by atoms with E-state index in [2.05, 4.69) is 5.32 Å². The Hall–Kier alpha value is -1.45. The van der Waals surface area contributed by atoms with E-state index in [1.54, 1.807) is 0 Å². The third-order valence-corrected chi connectivity index (χ3v) is 1.40. The van der Waals surface area contributed by atoms with Crippen LogP contribution in [0.2, 0.25) is 0 Å². The summed E-state index contributed by atoms with van der Waals surface area (Å²) in [5.41, 5.74) is -0.154. The van der Waals surface area contributed by atoms with Gasteiger partial charge in [0.2, 0.25) is 0 Å². The lowest BCUT2D eigenvalue weighted by atomic mass is 10.2. The van der Waals surface area contributed by atoms with Crippen LogP contribution in [0.4, 0.5) is 8.78 Å². The van der Waals surface area contributed by atoms with E-state index in [-0.39, 0.29) is 13.0 Å². The summed E-state index contributed by atoms with van der Waals surface area (Å²) in [6.45, 7) is 0. The molecule has 0 aliphatic carbocycles. The van der Waals surface area contributed by atoms with Crippen molar-refractivity contribution in [2.45, 2.75) is 7.43 Å². The van der Waals surface area contributed by atoms with E-state index in [4.69, 9.17) is 0 Å². The van der Waals surface area contributed by atoms with Crippen LogP contribution >= 0.6 is 0 Å². The van der Waals surface area contributed by atoms with Crippen molar-refractivity contribution in [1.82, 2.24) is 5.32 Å². The Bertz CT molecular complexity index is 312. The maximum absolute atomic E-state index is 12.8. The zero-order valence-corrected chi connectivity index (χ0v) is 6.40. The van der Waals surface area contributed by atoms with Gasteiger partial charge in [-0.15, -0.1) is 0 Å². The second-order valence-electron chi connectivity index (χ2n) is 2.20. The van der Waals surface area contributed by atoms with Gasteiger partial charge in [-0.25, -0.2) is 8.78 Å². The lowest BCUT2D eigenvalue weighted by Gasteiger charge is -2.00. The monoisotopic (exact) mass is 187 g/mol. The van der Waals surface area contributed by atoms with Gasteiger partial charge in [-0.2, -0.15) is 0 Å². The van der Waals surface area contributed by atoms with Crippen LogP contribution in [0, 0.1) is 11.6 Å². The molecule has 72 valence electrons. The predicted molar refractivity (Wildman–Crippen MR) is 46.5 cm³/mol. The summed E-state index contributed by atoms with van der Waals surface area (Å²) in [6.07, 6.45) is 0. The third kappa shape index (κ3) is 2.50. The fourth-order valence-electron chi connectivity index (χ4n) is 0.808. The summed E-state index contributed by atoms with van der Waals surface area (Å²) in [4.78, 5) is 10.9. The van der Waals surface area contributed by atoms with Crippen molar-refractivity contribution in [3.63, 3.8) is 0 Å². The highest BCUT2D eigenvalue weighted by Crippen LogP contribution is 2.08. The number of carbonyl (C=O) groups excluding carboxylic acids is 1. The van der Waals surface area contributed by atoms with Gasteiger partial charge in [0.05, 0.1) is 5.56 Å². The van der Waals surface area contributed by atoms with Gasteiger partial charge in [-0.1, -0.05) is 7.43 Å². The van der Waals surface area contributed by atoms with Gasteiger partial charge in [-0.3, -0.25) is 4.79 Å². The molecule has 1 aromatic rings. The van der Waals surface area contributed by atoms with Gasteiger partial charge in [0.25, 0.3) is 5.91 Å². The highest BCUT2D eigenvalue weighted by Gasteiger charge is 2.09. The first-order valence-corrected chi connectivity index (χ1v) is 3.32. The number of hydrogen-bond donors (Lipinski definition) is 1. The largest absolute Gasteiger partial charge is 0.355 e. The van der Waals surface area contributed by atoms with E-state index in [0.717, 1.165) is 12.1 Å². The van der Waals surface area contributed by atoms with Crippen LogP contribution in [-0.2, 0) is 0 Å². The molecule has 1 N–H and O–H groups in total. The van der Waals surface area contributed by atoms with Gasteiger partial charge in [0, 0.05) is 13.1 Å². The van der Waals surface area contributed by atoms with Gasteiger partial charge < -0.3 is 5.32 Å². The number of amides is 1. The van der Waals surface area contributed by atoms with Crippen molar-refractivity contribution < 1.29 is 13.6 Å². The highest BCUT2D eigenvalue weighted by molar-refractivity contribution is 5.94.